The number of aromatic nitrogens is 1. The van der Waals surface area contributed by atoms with E-state index in [0.717, 1.165) is 21.9 Å². The molecule has 0 saturated heterocycles. The number of ketones is 1. The van der Waals surface area contributed by atoms with E-state index in [9.17, 15) is 24.3 Å². The van der Waals surface area contributed by atoms with Gasteiger partial charge >= 0.3 is 11.9 Å². The third kappa shape index (κ3) is 8.30. The van der Waals surface area contributed by atoms with Gasteiger partial charge in [-0.25, -0.2) is 4.98 Å². The number of para-hydroxylation sites is 2. The van der Waals surface area contributed by atoms with Gasteiger partial charge in [-0.1, -0.05) is 60.7 Å². The zero-order valence-electron chi connectivity index (χ0n) is 28.7. The van der Waals surface area contributed by atoms with Gasteiger partial charge in [-0.05, 0) is 71.7 Å². The van der Waals surface area contributed by atoms with Crippen LogP contribution in [0.15, 0.2) is 95.4 Å². The van der Waals surface area contributed by atoms with Crippen molar-refractivity contribution < 1.29 is 47.6 Å². The van der Waals surface area contributed by atoms with E-state index in [1.54, 1.807) is 12.1 Å². The van der Waals surface area contributed by atoms with Crippen molar-refractivity contribution in [1.29, 1.82) is 0 Å². The van der Waals surface area contributed by atoms with E-state index >= 15 is 0 Å². The summed E-state index contributed by atoms with van der Waals surface area (Å²) < 4.78 is 27.1. The van der Waals surface area contributed by atoms with Crippen molar-refractivity contribution in [2.75, 3.05) is 27.1 Å². The number of carbonyl (C=O) groups is 4. The maximum Gasteiger partial charge on any atom is 0.317 e. The number of oxazole rings is 1. The molecular weight excluding hydrogens is 668 g/mol. The molecule has 12 heteroatoms. The van der Waals surface area contributed by atoms with Crippen molar-refractivity contribution in [1.82, 2.24) is 9.88 Å². The summed E-state index contributed by atoms with van der Waals surface area (Å²) in [5, 5.41) is 11.5. The SMILES string of the molecule is COCCOC(=O)C(CC(=O)O)C(=O)C(=O)N(Cc1ccc2ccccc2c1)[C@H](C)[C@H](CC=Cc1nc2ccccc2o1)c1ccc2c(c1)OCO2. The van der Waals surface area contributed by atoms with E-state index in [0.29, 0.717) is 34.9 Å². The Balaban J connectivity index is 1.37. The van der Waals surface area contributed by atoms with Gasteiger partial charge in [0.25, 0.3) is 5.91 Å². The van der Waals surface area contributed by atoms with Crippen molar-refractivity contribution in [2.45, 2.75) is 38.3 Å². The average molecular weight is 707 g/mol. The first-order valence-electron chi connectivity index (χ1n) is 16.8. The minimum Gasteiger partial charge on any atom is -0.481 e. The number of amides is 1. The highest BCUT2D eigenvalue weighted by Crippen LogP contribution is 2.38. The molecule has 2 heterocycles. The highest BCUT2D eigenvalue weighted by atomic mass is 16.7. The maximum absolute atomic E-state index is 14.4. The number of Topliss-reactive ketones (excluding diaryl/α,β-unsaturated/α-hetero) is 1. The van der Waals surface area contributed by atoms with Gasteiger partial charge in [0, 0.05) is 25.6 Å². The first-order chi connectivity index (χ1) is 25.2. The van der Waals surface area contributed by atoms with Gasteiger partial charge in [0.05, 0.1) is 13.0 Å². The number of hydrogen-bond donors (Lipinski definition) is 1. The molecule has 1 aromatic heterocycles. The summed E-state index contributed by atoms with van der Waals surface area (Å²) in [7, 11) is 1.41. The first kappa shape index (κ1) is 35.8. The molecule has 6 rings (SSSR count). The van der Waals surface area contributed by atoms with Crippen LogP contribution in [0.25, 0.3) is 27.9 Å². The van der Waals surface area contributed by atoms with Crippen molar-refractivity contribution in [3.8, 4) is 11.5 Å². The molecule has 1 amide bonds. The second-order valence-corrected chi connectivity index (χ2v) is 12.4. The quantitative estimate of drug-likeness (QED) is 0.0543. The molecule has 12 nitrogen and oxygen atoms in total. The Morgan fingerprint density at radius 3 is 2.48 bits per heavy atom. The number of carbonyl (C=O) groups excluding carboxylic acids is 3. The highest BCUT2D eigenvalue weighted by molar-refractivity contribution is 6.40. The fraction of sp³-hybridized carbons (Fsp3) is 0.275. The molecule has 1 N–H and O–H groups in total. The van der Waals surface area contributed by atoms with Crippen LogP contribution >= 0.6 is 0 Å². The van der Waals surface area contributed by atoms with E-state index in [2.05, 4.69) is 4.98 Å². The zero-order chi connectivity index (χ0) is 36.6. The number of carboxylic acid groups (broad SMARTS) is 1. The van der Waals surface area contributed by atoms with Crippen LogP contribution in [0.1, 0.15) is 42.7 Å². The second kappa shape index (κ2) is 16.3. The summed E-state index contributed by atoms with van der Waals surface area (Å²) in [6.45, 7) is 1.71. The van der Waals surface area contributed by atoms with Crippen LogP contribution in [0.3, 0.4) is 0 Å². The molecule has 0 radical (unpaired) electrons. The monoisotopic (exact) mass is 706 g/mol. The van der Waals surface area contributed by atoms with Crippen LogP contribution in [0.4, 0.5) is 0 Å². The number of rotatable bonds is 16. The molecule has 1 aliphatic heterocycles. The normalized spacial score (nSPS) is 14.0. The number of fused-ring (bicyclic) bond motifs is 3. The summed E-state index contributed by atoms with van der Waals surface area (Å²) in [5.41, 5.74) is 2.88. The van der Waals surface area contributed by atoms with Gasteiger partial charge in [-0.2, -0.15) is 0 Å². The number of aliphatic carboxylic acids is 1. The number of methoxy groups -OCH3 is 1. The Kier molecular flexibility index (Phi) is 11.3. The minimum absolute atomic E-state index is 0.00895. The Morgan fingerprint density at radius 1 is 0.923 bits per heavy atom. The third-order valence-electron chi connectivity index (χ3n) is 9.01. The van der Waals surface area contributed by atoms with Crippen molar-refractivity contribution in [2.24, 2.45) is 5.92 Å². The molecule has 1 aliphatic rings. The van der Waals surface area contributed by atoms with Crippen LogP contribution in [0, 0.1) is 5.92 Å². The smallest absolute Gasteiger partial charge is 0.317 e. The summed E-state index contributed by atoms with van der Waals surface area (Å²) in [5.74, 6) is -5.47. The first-order valence-corrected chi connectivity index (χ1v) is 16.8. The molecule has 268 valence electrons. The van der Waals surface area contributed by atoms with Crippen molar-refractivity contribution in [3.63, 3.8) is 0 Å². The van der Waals surface area contributed by atoms with E-state index in [1.165, 1.54) is 12.0 Å². The van der Waals surface area contributed by atoms with Crippen LogP contribution in [0.5, 0.6) is 11.5 Å². The Hall–Kier alpha value is -6.01. The van der Waals surface area contributed by atoms with Crippen LogP contribution in [-0.2, 0) is 35.2 Å². The Labute approximate surface area is 299 Å². The number of benzene rings is 4. The third-order valence-corrected chi connectivity index (χ3v) is 9.01. The highest BCUT2D eigenvalue weighted by Gasteiger charge is 2.40. The van der Waals surface area contributed by atoms with E-state index < -0.39 is 47.9 Å². The van der Waals surface area contributed by atoms with Gasteiger partial charge < -0.3 is 33.4 Å². The number of esters is 1. The number of hydrogen-bond acceptors (Lipinski definition) is 10. The number of ether oxygens (including phenoxy) is 4. The predicted molar refractivity (Wildman–Crippen MR) is 191 cm³/mol. The second-order valence-electron chi connectivity index (χ2n) is 12.4. The van der Waals surface area contributed by atoms with Gasteiger partial charge in [0.15, 0.2) is 17.1 Å². The Bertz CT molecular complexity index is 2090. The summed E-state index contributed by atoms with van der Waals surface area (Å²) in [6.07, 6.45) is 3.10. The lowest BCUT2D eigenvalue weighted by Crippen LogP contribution is -2.48. The molecule has 0 aliphatic carbocycles. The van der Waals surface area contributed by atoms with Crippen LogP contribution < -0.4 is 9.47 Å². The predicted octanol–water partition coefficient (Wildman–Crippen LogP) is 6.16. The maximum atomic E-state index is 14.4. The fourth-order valence-corrected chi connectivity index (χ4v) is 6.26. The zero-order valence-corrected chi connectivity index (χ0v) is 28.7. The van der Waals surface area contributed by atoms with E-state index in [4.69, 9.17) is 23.4 Å². The molecule has 4 aromatic carbocycles. The largest absolute Gasteiger partial charge is 0.481 e. The lowest BCUT2D eigenvalue weighted by molar-refractivity contribution is -0.162. The van der Waals surface area contributed by atoms with Crippen LogP contribution in [-0.4, -0.2) is 71.8 Å². The van der Waals surface area contributed by atoms with E-state index in [1.807, 2.05) is 91.9 Å². The molecule has 3 atom stereocenters. The summed E-state index contributed by atoms with van der Waals surface area (Å²) in [4.78, 5) is 59.1. The molecule has 0 bridgehead atoms. The lowest BCUT2D eigenvalue weighted by atomic mass is 9.87. The van der Waals surface area contributed by atoms with E-state index in [-0.39, 0.29) is 26.6 Å². The topological polar surface area (TPSA) is 155 Å². The van der Waals surface area contributed by atoms with Gasteiger partial charge in [-0.15, -0.1) is 0 Å². The molecule has 5 aromatic rings. The molecule has 0 saturated carbocycles. The molecule has 0 fully saturated rings. The van der Waals surface area contributed by atoms with Gasteiger partial charge in [-0.3, -0.25) is 19.2 Å². The number of carboxylic acids is 1. The molecular formula is C40H38N2O10. The molecule has 1 unspecified atom stereocenters. The summed E-state index contributed by atoms with van der Waals surface area (Å²) >= 11 is 0. The molecule has 0 spiro atoms. The average Bonchev–Trinajstić information content (AvgIpc) is 3.80. The van der Waals surface area contributed by atoms with Gasteiger partial charge in [0.1, 0.15) is 18.0 Å². The number of allylic oxidation sites excluding steroid dienone is 1. The summed E-state index contributed by atoms with van der Waals surface area (Å²) in [6, 6.07) is 25.7. The van der Waals surface area contributed by atoms with Gasteiger partial charge in [0.2, 0.25) is 18.5 Å². The van der Waals surface area contributed by atoms with Crippen molar-refractivity contribution in [3.05, 3.63) is 108 Å². The van der Waals surface area contributed by atoms with Crippen molar-refractivity contribution >= 4 is 51.6 Å². The van der Waals surface area contributed by atoms with Crippen LogP contribution in [0.2, 0.25) is 0 Å². The number of nitrogens with zero attached hydrogens (tertiary/aromatic N) is 2. The minimum atomic E-state index is -1.85. The standard InChI is InChI=1S/C40H38N2O10/c1-25(30(29-16-17-34-35(21-29)51-24-50-34)10-7-13-36-41-32-11-5-6-12-33(32)52-36)42(23-26-14-15-27-8-3-4-9-28(27)20-26)39(46)38(45)31(22-37(43)44)40(47)49-19-18-48-2/h3-9,11-17,20-21,25,30-31H,10,18-19,22-24H2,1-2H3,(H,43,44)/t25-,30+,31?/m1/s1. The fourth-order valence-electron chi connectivity index (χ4n) is 6.26. The molecule has 52 heavy (non-hydrogen) atoms. The lowest BCUT2D eigenvalue weighted by Gasteiger charge is -2.35. The Morgan fingerprint density at radius 2 is 1.69 bits per heavy atom.